The molecule has 1 heterocycles. The maximum absolute atomic E-state index is 11.7. The van der Waals surface area contributed by atoms with Crippen LogP contribution in [0.5, 0.6) is 11.5 Å². The van der Waals surface area contributed by atoms with E-state index in [1.54, 1.807) is 19.2 Å². The Labute approximate surface area is 156 Å². The largest absolute Gasteiger partial charge is 0.497 e. The van der Waals surface area contributed by atoms with E-state index >= 15 is 0 Å². The van der Waals surface area contributed by atoms with Gasteiger partial charge in [0.1, 0.15) is 11.5 Å². The molecule has 138 valence electrons. The first-order chi connectivity index (χ1) is 13.2. The first-order valence-electron chi connectivity index (χ1n) is 8.72. The van der Waals surface area contributed by atoms with Crippen LogP contribution in [-0.4, -0.2) is 23.2 Å². The van der Waals surface area contributed by atoms with Crippen molar-refractivity contribution in [3.05, 3.63) is 54.4 Å². The van der Waals surface area contributed by atoms with Crippen LogP contribution in [0.2, 0.25) is 0 Å². The number of methoxy groups -OCH3 is 1. The molecule has 1 aromatic heterocycles. The zero-order valence-electron chi connectivity index (χ0n) is 14.8. The van der Waals surface area contributed by atoms with Crippen molar-refractivity contribution in [3.8, 4) is 23.0 Å². The maximum atomic E-state index is 11.7. The molecule has 0 radical (unpaired) electrons. The number of anilines is 1. The van der Waals surface area contributed by atoms with Gasteiger partial charge < -0.3 is 19.2 Å². The van der Waals surface area contributed by atoms with E-state index in [2.05, 4.69) is 15.5 Å². The third-order valence-electron chi connectivity index (χ3n) is 4.24. The predicted molar refractivity (Wildman–Crippen MR) is 98.4 cm³/mol. The van der Waals surface area contributed by atoms with Crippen molar-refractivity contribution < 1.29 is 18.7 Å². The van der Waals surface area contributed by atoms with E-state index < -0.39 is 0 Å². The van der Waals surface area contributed by atoms with E-state index in [9.17, 15) is 4.79 Å². The minimum Gasteiger partial charge on any atom is -0.497 e. The summed E-state index contributed by atoms with van der Waals surface area (Å²) in [6.07, 6.45) is 1.96. The standard InChI is InChI=1S/C20H19N3O4/c1-25-16-8-4-14(5-9-16)20-23-22-18(27-20)12-26-17-10-6-15(7-11-17)21-19(24)13-2-3-13/h4-11,13H,2-3,12H2,1H3,(H,21,24). The zero-order chi connectivity index (χ0) is 18.6. The summed E-state index contributed by atoms with van der Waals surface area (Å²) in [5, 5.41) is 10.9. The highest BCUT2D eigenvalue weighted by Gasteiger charge is 2.29. The van der Waals surface area contributed by atoms with E-state index in [1.165, 1.54) is 0 Å². The fourth-order valence-corrected chi connectivity index (χ4v) is 2.53. The number of rotatable bonds is 7. The molecule has 1 aliphatic carbocycles. The third kappa shape index (κ3) is 4.25. The van der Waals surface area contributed by atoms with Crippen molar-refractivity contribution in [2.24, 2.45) is 5.92 Å². The van der Waals surface area contributed by atoms with Crippen molar-refractivity contribution in [3.63, 3.8) is 0 Å². The predicted octanol–water partition coefficient (Wildman–Crippen LogP) is 3.67. The minimum absolute atomic E-state index is 0.0839. The molecule has 4 rings (SSSR count). The van der Waals surface area contributed by atoms with Gasteiger partial charge in [-0.05, 0) is 61.4 Å². The summed E-state index contributed by atoms with van der Waals surface area (Å²) < 4.78 is 16.4. The molecule has 0 saturated heterocycles. The molecular formula is C20H19N3O4. The van der Waals surface area contributed by atoms with E-state index in [-0.39, 0.29) is 18.4 Å². The molecule has 3 aromatic rings. The Balaban J connectivity index is 1.33. The first kappa shape index (κ1) is 17.1. The van der Waals surface area contributed by atoms with Gasteiger partial charge in [-0.2, -0.15) is 0 Å². The van der Waals surface area contributed by atoms with Crippen LogP contribution in [0.25, 0.3) is 11.5 Å². The smallest absolute Gasteiger partial charge is 0.254 e. The molecule has 7 nitrogen and oxygen atoms in total. The molecule has 1 fully saturated rings. The molecular weight excluding hydrogens is 346 g/mol. The minimum atomic E-state index is 0.0839. The third-order valence-corrected chi connectivity index (χ3v) is 4.24. The van der Waals surface area contributed by atoms with Crippen molar-refractivity contribution in [1.29, 1.82) is 0 Å². The second-order valence-electron chi connectivity index (χ2n) is 6.31. The monoisotopic (exact) mass is 365 g/mol. The summed E-state index contributed by atoms with van der Waals surface area (Å²) in [5.74, 6) is 2.49. The number of hydrogen-bond acceptors (Lipinski definition) is 6. The Bertz CT molecular complexity index is 915. The Morgan fingerprint density at radius 2 is 1.78 bits per heavy atom. The van der Waals surface area contributed by atoms with Crippen molar-refractivity contribution in [2.45, 2.75) is 19.4 Å². The lowest BCUT2D eigenvalue weighted by molar-refractivity contribution is -0.117. The summed E-state index contributed by atoms with van der Waals surface area (Å²) in [7, 11) is 1.62. The Kier molecular flexibility index (Phi) is 4.74. The Hall–Kier alpha value is -3.35. The average molecular weight is 365 g/mol. The van der Waals surface area contributed by atoms with Crippen molar-refractivity contribution in [2.75, 3.05) is 12.4 Å². The van der Waals surface area contributed by atoms with Crippen LogP contribution in [0.1, 0.15) is 18.7 Å². The lowest BCUT2D eigenvalue weighted by Gasteiger charge is -2.06. The summed E-state index contributed by atoms with van der Waals surface area (Å²) in [6.45, 7) is 0.164. The van der Waals surface area contributed by atoms with Gasteiger partial charge in [0.15, 0.2) is 6.61 Å². The summed E-state index contributed by atoms with van der Waals surface area (Å²) in [5.41, 5.74) is 1.57. The summed E-state index contributed by atoms with van der Waals surface area (Å²) >= 11 is 0. The number of carbonyl (C=O) groups is 1. The lowest BCUT2D eigenvalue weighted by Crippen LogP contribution is -2.13. The van der Waals surface area contributed by atoms with E-state index in [0.29, 0.717) is 17.5 Å². The summed E-state index contributed by atoms with van der Waals surface area (Å²) in [4.78, 5) is 11.7. The van der Waals surface area contributed by atoms with Gasteiger partial charge in [0.2, 0.25) is 11.8 Å². The summed E-state index contributed by atoms with van der Waals surface area (Å²) in [6, 6.07) is 14.6. The zero-order valence-corrected chi connectivity index (χ0v) is 14.8. The van der Waals surface area contributed by atoms with Crippen molar-refractivity contribution >= 4 is 11.6 Å². The molecule has 1 saturated carbocycles. The van der Waals surface area contributed by atoms with Gasteiger partial charge >= 0.3 is 0 Å². The average Bonchev–Trinajstić information content (AvgIpc) is 3.46. The van der Waals surface area contributed by atoms with Crippen LogP contribution in [0.15, 0.2) is 52.9 Å². The van der Waals surface area contributed by atoms with E-state index in [0.717, 1.165) is 29.8 Å². The van der Waals surface area contributed by atoms with Crippen LogP contribution in [-0.2, 0) is 11.4 Å². The van der Waals surface area contributed by atoms with Gasteiger partial charge in [-0.15, -0.1) is 10.2 Å². The molecule has 2 aromatic carbocycles. The number of nitrogens with zero attached hydrogens (tertiary/aromatic N) is 2. The van der Waals surface area contributed by atoms with E-state index in [4.69, 9.17) is 13.9 Å². The fraction of sp³-hybridized carbons (Fsp3) is 0.250. The van der Waals surface area contributed by atoms with Crippen LogP contribution < -0.4 is 14.8 Å². The highest BCUT2D eigenvalue weighted by Crippen LogP contribution is 2.30. The highest BCUT2D eigenvalue weighted by atomic mass is 16.5. The number of hydrogen-bond donors (Lipinski definition) is 1. The maximum Gasteiger partial charge on any atom is 0.254 e. The lowest BCUT2D eigenvalue weighted by atomic mass is 10.2. The number of amides is 1. The number of ether oxygens (including phenoxy) is 2. The van der Waals surface area contributed by atoms with Crippen LogP contribution in [0.4, 0.5) is 5.69 Å². The van der Waals surface area contributed by atoms with Crippen LogP contribution in [0.3, 0.4) is 0 Å². The number of carbonyl (C=O) groups excluding carboxylic acids is 1. The molecule has 0 bridgehead atoms. The quantitative estimate of drug-likeness (QED) is 0.687. The van der Waals surface area contributed by atoms with E-state index in [1.807, 2.05) is 36.4 Å². The second-order valence-corrected chi connectivity index (χ2v) is 6.31. The topological polar surface area (TPSA) is 86.5 Å². The molecule has 0 unspecified atom stereocenters. The highest BCUT2D eigenvalue weighted by molar-refractivity contribution is 5.94. The Morgan fingerprint density at radius 1 is 1.07 bits per heavy atom. The SMILES string of the molecule is COc1ccc(-c2nnc(COc3ccc(NC(=O)C4CC4)cc3)o2)cc1. The van der Waals surface area contributed by atoms with Crippen molar-refractivity contribution in [1.82, 2.24) is 10.2 Å². The van der Waals surface area contributed by atoms with Gasteiger partial charge in [0.25, 0.3) is 5.89 Å². The first-order valence-corrected chi connectivity index (χ1v) is 8.72. The van der Waals surface area contributed by atoms with Gasteiger partial charge in [-0.3, -0.25) is 4.79 Å². The normalized spacial score (nSPS) is 13.2. The number of benzene rings is 2. The second kappa shape index (κ2) is 7.49. The van der Waals surface area contributed by atoms with Gasteiger partial charge in [0, 0.05) is 17.2 Å². The molecule has 1 amide bonds. The number of nitrogens with one attached hydrogen (secondary N) is 1. The molecule has 0 atom stereocenters. The van der Waals surface area contributed by atoms with Crippen LogP contribution in [0, 0.1) is 5.92 Å². The van der Waals surface area contributed by atoms with Gasteiger partial charge in [-0.25, -0.2) is 0 Å². The molecule has 27 heavy (non-hydrogen) atoms. The molecule has 0 spiro atoms. The Morgan fingerprint density at radius 3 is 2.44 bits per heavy atom. The van der Waals surface area contributed by atoms with Gasteiger partial charge in [0.05, 0.1) is 7.11 Å². The molecule has 1 N–H and O–H groups in total. The molecule has 1 aliphatic rings. The number of aromatic nitrogens is 2. The van der Waals surface area contributed by atoms with Gasteiger partial charge in [-0.1, -0.05) is 0 Å². The molecule has 7 heteroatoms. The fourth-order valence-electron chi connectivity index (χ4n) is 2.53. The van der Waals surface area contributed by atoms with Crippen LogP contribution >= 0.6 is 0 Å². The molecule has 0 aliphatic heterocycles.